The van der Waals surface area contributed by atoms with Gasteiger partial charge in [-0.1, -0.05) is 0 Å². The second-order valence-electron chi connectivity index (χ2n) is 3.46. The maximum absolute atomic E-state index is 5.72. The Hall–Kier alpha value is -1.52. The number of nitrogens with one attached hydrogen (secondary N) is 1. The largest absolute Gasteiger partial charge is 0.383 e. The summed E-state index contributed by atoms with van der Waals surface area (Å²) >= 11 is 0. The highest BCUT2D eigenvalue weighted by atomic mass is 15.4. The lowest BCUT2D eigenvalue weighted by molar-refractivity contribution is 0.541. The van der Waals surface area contributed by atoms with E-state index in [2.05, 4.69) is 29.1 Å². The molecule has 0 saturated carbocycles. The summed E-state index contributed by atoms with van der Waals surface area (Å²) in [6.07, 6.45) is 0. The number of anilines is 1. The molecule has 0 unspecified atom stereocenters. The molecule has 70 valence electrons. The van der Waals surface area contributed by atoms with Crippen LogP contribution in [-0.4, -0.2) is 20.0 Å². The molecule has 0 aliphatic heterocycles. The molecule has 0 saturated heterocycles. The number of nitrogen functional groups attached to an aromatic ring is 1. The minimum Gasteiger partial charge on any atom is -0.383 e. The van der Waals surface area contributed by atoms with E-state index in [1.54, 1.807) is 0 Å². The van der Waals surface area contributed by atoms with Crippen molar-refractivity contribution in [2.45, 2.75) is 26.8 Å². The number of aromatic nitrogens is 4. The highest BCUT2D eigenvalue weighted by Crippen LogP contribution is 2.23. The molecule has 2 rings (SSSR count). The van der Waals surface area contributed by atoms with Crippen LogP contribution in [-0.2, 0) is 0 Å². The van der Waals surface area contributed by atoms with E-state index in [0.717, 1.165) is 16.7 Å². The topological polar surface area (TPSA) is 72.5 Å². The molecule has 0 bridgehead atoms. The van der Waals surface area contributed by atoms with Crippen LogP contribution in [0.15, 0.2) is 0 Å². The minimum absolute atomic E-state index is 0.305. The lowest BCUT2D eigenvalue weighted by Crippen LogP contribution is -2.03. The fraction of sp³-hybridized carbons (Fsp3) is 0.500. The van der Waals surface area contributed by atoms with Gasteiger partial charge in [-0.25, -0.2) is 4.68 Å². The summed E-state index contributed by atoms with van der Waals surface area (Å²) in [6.45, 7) is 6.07. The Morgan fingerprint density at radius 1 is 1.46 bits per heavy atom. The smallest absolute Gasteiger partial charge is 0.182 e. The molecule has 5 nitrogen and oxygen atoms in total. The van der Waals surface area contributed by atoms with Gasteiger partial charge in [0.2, 0.25) is 0 Å². The number of H-pyrrole nitrogens is 1. The molecule has 0 atom stereocenters. The summed E-state index contributed by atoms with van der Waals surface area (Å²) in [6, 6.07) is 0.305. The number of nitrogens with zero attached hydrogens (tertiary/aromatic N) is 3. The van der Waals surface area contributed by atoms with E-state index in [1.807, 2.05) is 11.6 Å². The molecule has 0 spiro atoms. The lowest BCUT2D eigenvalue weighted by Gasteiger charge is -2.03. The summed E-state index contributed by atoms with van der Waals surface area (Å²) in [5, 5.41) is 12.2. The van der Waals surface area contributed by atoms with Crippen molar-refractivity contribution in [3.05, 3.63) is 5.69 Å². The summed E-state index contributed by atoms with van der Waals surface area (Å²) in [4.78, 5) is 0. The van der Waals surface area contributed by atoms with Crippen molar-refractivity contribution >= 4 is 16.9 Å². The summed E-state index contributed by atoms with van der Waals surface area (Å²) in [5.74, 6) is 0.597. The maximum Gasteiger partial charge on any atom is 0.182 e. The summed E-state index contributed by atoms with van der Waals surface area (Å²) in [7, 11) is 0. The molecule has 2 heterocycles. The van der Waals surface area contributed by atoms with Crippen LogP contribution >= 0.6 is 0 Å². The molecule has 2 aromatic heterocycles. The zero-order valence-electron chi connectivity index (χ0n) is 8.00. The maximum atomic E-state index is 5.72. The molecule has 0 aliphatic rings. The van der Waals surface area contributed by atoms with Crippen molar-refractivity contribution in [2.75, 3.05) is 5.73 Å². The second-order valence-corrected chi connectivity index (χ2v) is 3.46. The van der Waals surface area contributed by atoms with Gasteiger partial charge in [-0.2, -0.15) is 10.2 Å². The number of aryl methyl sites for hydroxylation is 1. The van der Waals surface area contributed by atoms with Gasteiger partial charge in [0.25, 0.3) is 0 Å². The molecular weight excluding hydrogens is 166 g/mol. The normalized spacial score (nSPS) is 11.7. The second kappa shape index (κ2) is 2.48. The molecule has 5 heteroatoms. The van der Waals surface area contributed by atoms with Crippen LogP contribution in [0.1, 0.15) is 25.6 Å². The number of rotatable bonds is 1. The zero-order valence-corrected chi connectivity index (χ0v) is 8.00. The number of hydrogen-bond acceptors (Lipinski definition) is 3. The molecule has 0 aliphatic carbocycles. The van der Waals surface area contributed by atoms with Crippen molar-refractivity contribution in [3.8, 4) is 0 Å². The molecule has 2 aromatic rings. The van der Waals surface area contributed by atoms with Gasteiger partial charge in [0.05, 0.1) is 11.1 Å². The summed E-state index contributed by atoms with van der Waals surface area (Å²) < 4.78 is 1.87. The van der Waals surface area contributed by atoms with Gasteiger partial charge in [0, 0.05) is 6.04 Å². The Bertz CT molecular complexity index is 437. The lowest BCUT2D eigenvalue weighted by atomic mass is 10.3. The predicted molar refractivity (Wildman–Crippen MR) is 51.4 cm³/mol. The average Bonchev–Trinajstić information content (AvgIpc) is 2.55. The van der Waals surface area contributed by atoms with Crippen LogP contribution in [0.3, 0.4) is 0 Å². The Morgan fingerprint density at radius 2 is 2.15 bits per heavy atom. The highest BCUT2D eigenvalue weighted by Gasteiger charge is 2.14. The third-order valence-electron chi connectivity index (χ3n) is 2.10. The average molecular weight is 179 g/mol. The van der Waals surface area contributed by atoms with Crippen LogP contribution < -0.4 is 5.73 Å². The minimum atomic E-state index is 0.305. The van der Waals surface area contributed by atoms with E-state index in [9.17, 15) is 0 Å². The van der Waals surface area contributed by atoms with Crippen LogP contribution in [0, 0.1) is 6.92 Å². The predicted octanol–water partition coefficient (Wildman–Crippen LogP) is 1.23. The van der Waals surface area contributed by atoms with E-state index in [0.29, 0.717) is 11.9 Å². The monoisotopic (exact) mass is 179 g/mol. The zero-order chi connectivity index (χ0) is 9.59. The Kier molecular flexibility index (Phi) is 1.55. The fourth-order valence-corrected chi connectivity index (χ4v) is 1.49. The van der Waals surface area contributed by atoms with E-state index < -0.39 is 0 Å². The molecular formula is C8H13N5. The summed E-state index contributed by atoms with van der Waals surface area (Å²) in [5.41, 5.74) is 7.48. The van der Waals surface area contributed by atoms with E-state index in [-0.39, 0.29) is 0 Å². The van der Waals surface area contributed by atoms with Gasteiger partial charge in [-0.15, -0.1) is 0 Å². The number of nitrogens with two attached hydrogens (primary N) is 1. The SMILES string of the molecule is Cc1nn(C(C)C)c2n[nH]c(N)c12. The molecule has 3 N–H and O–H groups in total. The Balaban J connectivity index is 2.79. The number of aromatic amines is 1. The Morgan fingerprint density at radius 3 is 2.77 bits per heavy atom. The van der Waals surface area contributed by atoms with Crippen molar-refractivity contribution in [2.24, 2.45) is 0 Å². The first-order valence-corrected chi connectivity index (χ1v) is 4.30. The van der Waals surface area contributed by atoms with Crippen LogP contribution in [0.25, 0.3) is 11.0 Å². The third-order valence-corrected chi connectivity index (χ3v) is 2.10. The first kappa shape index (κ1) is 8.10. The van der Waals surface area contributed by atoms with Gasteiger partial charge < -0.3 is 5.73 Å². The molecule has 13 heavy (non-hydrogen) atoms. The van der Waals surface area contributed by atoms with Crippen molar-refractivity contribution in [1.29, 1.82) is 0 Å². The van der Waals surface area contributed by atoms with E-state index in [4.69, 9.17) is 5.73 Å². The van der Waals surface area contributed by atoms with Gasteiger partial charge in [0.1, 0.15) is 5.82 Å². The van der Waals surface area contributed by atoms with Gasteiger partial charge in [-0.3, -0.25) is 5.10 Å². The van der Waals surface area contributed by atoms with E-state index >= 15 is 0 Å². The van der Waals surface area contributed by atoms with Crippen molar-refractivity contribution < 1.29 is 0 Å². The first-order valence-electron chi connectivity index (χ1n) is 4.30. The Labute approximate surface area is 75.9 Å². The number of fused-ring (bicyclic) bond motifs is 1. The van der Waals surface area contributed by atoms with Gasteiger partial charge >= 0.3 is 0 Å². The van der Waals surface area contributed by atoms with Crippen LogP contribution in [0.2, 0.25) is 0 Å². The quantitative estimate of drug-likeness (QED) is 0.691. The molecule has 0 amide bonds. The van der Waals surface area contributed by atoms with Crippen LogP contribution in [0.5, 0.6) is 0 Å². The standard InChI is InChI=1S/C8H13N5/c1-4(2)13-8-6(5(3)12-13)7(9)10-11-8/h4H,1-3H3,(H3,9,10,11). The molecule has 0 aromatic carbocycles. The molecule has 0 radical (unpaired) electrons. The fourth-order valence-electron chi connectivity index (χ4n) is 1.49. The number of hydrogen-bond donors (Lipinski definition) is 2. The molecule has 0 fully saturated rings. The van der Waals surface area contributed by atoms with Crippen molar-refractivity contribution in [1.82, 2.24) is 20.0 Å². The van der Waals surface area contributed by atoms with Crippen molar-refractivity contribution in [3.63, 3.8) is 0 Å². The third kappa shape index (κ3) is 0.998. The van der Waals surface area contributed by atoms with Crippen LogP contribution in [0.4, 0.5) is 5.82 Å². The van der Waals surface area contributed by atoms with E-state index in [1.165, 1.54) is 0 Å². The van der Waals surface area contributed by atoms with Gasteiger partial charge in [-0.05, 0) is 20.8 Å². The van der Waals surface area contributed by atoms with Gasteiger partial charge in [0.15, 0.2) is 5.65 Å². The highest BCUT2D eigenvalue weighted by molar-refractivity contribution is 5.88. The first-order chi connectivity index (χ1) is 6.11.